The maximum absolute atomic E-state index is 6.26. The van der Waals surface area contributed by atoms with Crippen molar-refractivity contribution in [2.75, 3.05) is 44.2 Å². The lowest BCUT2D eigenvalue weighted by Gasteiger charge is -2.38. The zero-order valence-corrected chi connectivity index (χ0v) is 15.8. The van der Waals surface area contributed by atoms with Crippen LogP contribution in [0.4, 0.5) is 5.69 Å². The molecule has 1 aromatic carbocycles. The van der Waals surface area contributed by atoms with Crippen LogP contribution in [0.3, 0.4) is 0 Å². The highest BCUT2D eigenvalue weighted by molar-refractivity contribution is 14.0. The van der Waals surface area contributed by atoms with Gasteiger partial charge in [-0.3, -0.25) is 4.99 Å². The Bertz CT molecular complexity index is 459. The molecule has 2 rings (SSSR count). The summed E-state index contributed by atoms with van der Waals surface area (Å²) >= 11 is 6.26. The Morgan fingerprint density at radius 3 is 2.43 bits per heavy atom. The molecule has 1 aliphatic heterocycles. The molecule has 1 fully saturated rings. The third-order valence-corrected chi connectivity index (χ3v) is 3.73. The summed E-state index contributed by atoms with van der Waals surface area (Å²) in [4.78, 5) is 9.20. The summed E-state index contributed by atoms with van der Waals surface area (Å²) in [7, 11) is 0. The molecule has 1 aliphatic rings. The number of nitrogens with zero attached hydrogens (tertiary/aromatic N) is 3. The van der Waals surface area contributed by atoms with E-state index in [4.69, 9.17) is 11.6 Å². The summed E-state index contributed by atoms with van der Waals surface area (Å²) in [6, 6.07) is 8.05. The molecule has 0 aliphatic carbocycles. The second-order valence-corrected chi connectivity index (χ2v) is 5.16. The van der Waals surface area contributed by atoms with Crippen molar-refractivity contribution in [1.82, 2.24) is 10.2 Å². The van der Waals surface area contributed by atoms with Crippen LogP contribution in [0.25, 0.3) is 0 Å². The molecular weight excluding hydrogens is 399 g/mol. The first-order valence-corrected chi connectivity index (χ1v) is 7.66. The fourth-order valence-electron chi connectivity index (χ4n) is 2.44. The molecule has 118 valence electrons. The van der Waals surface area contributed by atoms with Gasteiger partial charge in [-0.1, -0.05) is 23.7 Å². The van der Waals surface area contributed by atoms with Crippen LogP contribution < -0.4 is 10.2 Å². The number of piperazine rings is 1. The highest BCUT2D eigenvalue weighted by Crippen LogP contribution is 2.25. The number of benzene rings is 1. The van der Waals surface area contributed by atoms with Crippen LogP contribution in [-0.4, -0.2) is 50.1 Å². The third-order valence-electron chi connectivity index (χ3n) is 3.42. The Labute approximate surface area is 149 Å². The Hall–Kier alpha value is -0.690. The van der Waals surface area contributed by atoms with Gasteiger partial charge in [-0.15, -0.1) is 24.0 Å². The molecule has 0 atom stereocenters. The van der Waals surface area contributed by atoms with E-state index in [0.717, 1.165) is 55.9 Å². The lowest BCUT2D eigenvalue weighted by atomic mass is 10.2. The largest absolute Gasteiger partial charge is 0.367 e. The van der Waals surface area contributed by atoms with Gasteiger partial charge in [0.25, 0.3) is 0 Å². The number of aliphatic imine (C=N–C) groups is 1. The molecule has 1 heterocycles. The minimum Gasteiger partial charge on any atom is -0.367 e. The second-order valence-electron chi connectivity index (χ2n) is 4.75. The first-order valence-electron chi connectivity index (χ1n) is 7.29. The lowest BCUT2D eigenvalue weighted by molar-refractivity contribution is 0.373. The Kier molecular flexibility index (Phi) is 8.18. The van der Waals surface area contributed by atoms with E-state index in [1.807, 2.05) is 18.2 Å². The maximum atomic E-state index is 6.26. The fourth-order valence-corrected chi connectivity index (χ4v) is 2.70. The first-order chi connectivity index (χ1) is 9.76. The zero-order valence-electron chi connectivity index (χ0n) is 12.7. The van der Waals surface area contributed by atoms with Gasteiger partial charge in [0.05, 0.1) is 10.7 Å². The summed E-state index contributed by atoms with van der Waals surface area (Å²) in [6.45, 7) is 9.77. The second kappa shape index (κ2) is 9.35. The van der Waals surface area contributed by atoms with E-state index >= 15 is 0 Å². The maximum Gasteiger partial charge on any atom is 0.194 e. The molecule has 0 unspecified atom stereocenters. The minimum absolute atomic E-state index is 0. The Morgan fingerprint density at radius 2 is 1.86 bits per heavy atom. The van der Waals surface area contributed by atoms with Crippen LogP contribution in [0.5, 0.6) is 0 Å². The molecule has 1 aromatic rings. The smallest absolute Gasteiger partial charge is 0.194 e. The van der Waals surface area contributed by atoms with Crippen LogP contribution in [0, 0.1) is 0 Å². The van der Waals surface area contributed by atoms with Crippen LogP contribution in [0.15, 0.2) is 29.3 Å². The Balaban J connectivity index is 0.00000220. The quantitative estimate of drug-likeness (QED) is 0.461. The summed E-state index contributed by atoms with van der Waals surface area (Å²) in [5, 5.41) is 4.18. The molecule has 0 spiro atoms. The van der Waals surface area contributed by atoms with Gasteiger partial charge in [-0.25, -0.2) is 0 Å². The van der Waals surface area contributed by atoms with E-state index in [0.29, 0.717) is 0 Å². The van der Waals surface area contributed by atoms with Crippen molar-refractivity contribution in [2.24, 2.45) is 4.99 Å². The van der Waals surface area contributed by atoms with Gasteiger partial charge in [-0.2, -0.15) is 0 Å². The van der Waals surface area contributed by atoms with E-state index < -0.39 is 0 Å². The van der Waals surface area contributed by atoms with Gasteiger partial charge in [-0.05, 0) is 26.0 Å². The van der Waals surface area contributed by atoms with Gasteiger partial charge in [0.2, 0.25) is 0 Å². The molecule has 21 heavy (non-hydrogen) atoms. The molecule has 0 radical (unpaired) electrons. The van der Waals surface area contributed by atoms with Gasteiger partial charge < -0.3 is 15.1 Å². The molecular formula is C15H24ClIN4. The number of hydrogen-bond donors (Lipinski definition) is 1. The minimum atomic E-state index is 0. The van der Waals surface area contributed by atoms with E-state index in [2.05, 4.69) is 40.0 Å². The number of para-hydroxylation sites is 1. The summed E-state index contributed by atoms with van der Waals surface area (Å²) < 4.78 is 0. The van der Waals surface area contributed by atoms with Crippen molar-refractivity contribution >= 4 is 47.2 Å². The van der Waals surface area contributed by atoms with E-state index in [1.54, 1.807) is 0 Å². The first kappa shape index (κ1) is 18.4. The van der Waals surface area contributed by atoms with E-state index in [9.17, 15) is 0 Å². The SMILES string of the molecule is CCN=C(NCC)N1CCN(c2ccccc2Cl)CC1.I. The predicted molar refractivity (Wildman–Crippen MR) is 102 cm³/mol. The zero-order chi connectivity index (χ0) is 14.4. The van der Waals surface area contributed by atoms with Crippen LogP contribution in [0.1, 0.15) is 13.8 Å². The monoisotopic (exact) mass is 422 g/mol. The van der Waals surface area contributed by atoms with E-state index in [-0.39, 0.29) is 24.0 Å². The average Bonchev–Trinajstić information content (AvgIpc) is 2.48. The van der Waals surface area contributed by atoms with Crippen LogP contribution in [-0.2, 0) is 0 Å². The topological polar surface area (TPSA) is 30.9 Å². The summed E-state index contributed by atoms with van der Waals surface area (Å²) in [5.41, 5.74) is 1.13. The number of guanidine groups is 1. The van der Waals surface area contributed by atoms with Crippen LogP contribution >= 0.6 is 35.6 Å². The van der Waals surface area contributed by atoms with E-state index in [1.165, 1.54) is 0 Å². The van der Waals surface area contributed by atoms with Crippen molar-refractivity contribution in [2.45, 2.75) is 13.8 Å². The molecule has 6 heteroatoms. The molecule has 1 N–H and O–H groups in total. The van der Waals surface area contributed by atoms with Crippen LogP contribution in [0.2, 0.25) is 5.02 Å². The molecule has 4 nitrogen and oxygen atoms in total. The van der Waals surface area contributed by atoms with Crippen molar-refractivity contribution in [3.8, 4) is 0 Å². The highest BCUT2D eigenvalue weighted by Gasteiger charge is 2.20. The Morgan fingerprint density at radius 1 is 1.19 bits per heavy atom. The van der Waals surface area contributed by atoms with Crippen molar-refractivity contribution in [3.63, 3.8) is 0 Å². The highest BCUT2D eigenvalue weighted by atomic mass is 127. The molecule has 1 saturated heterocycles. The standard InChI is InChI=1S/C15H23ClN4.HI/c1-3-17-15(18-4-2)20-11-9-19(10-12-20)14-8-6-5-7-13(14)16;/h5-8H,3-4,9-12H2,1-2H3,(H,17,18);1H. The number of halogens is 2. The number of hydrogen-bond acceptors (Lipinski definition) is 2. The van der Waals surface area contributed by atoms with Gasteiger partial charge in [0.15, 0.2) is 5.96 Å². The van der Waals surface area contributed by atoms with Gasteiger partial charge >= 0.3 is 0 Å². The number of anilines is 1. The lowest BCUT2D eigenvalue weighted by Crippen LogP contribution is -2.52. The third kappa shape index (κ3) is 4.92. The normalized spacial score (nSPS) is 15.7. The molecule has 0 amide bonds. The number of nitrogens with one attached hydrogen (secondary N) is 1. The molecule has 0 aromatic heterocycles. The van der Waals surface area contributed by atoms with Gasteiger partial charge in [0.1, 0.15) is 0 Å². The number of rotatable bonds is 3. The van der Waals surface area contributed by atoms with Crippen molar-refractivity contribution in [1.29, 1.82) is 0 Å². The van der Waals surface area contributed by atoms with Crippen molar-refractivity contribution < 1.29 is 0 Å². The average molecular weight is 423 g/mol. The summed E-state index contributed by atoms with van der Waals surface area (Å²) in [6.07, 6.45) is 0. The predicted octanol–water partition coefficient (Wildman–Crippen LogP) is 3.07. The van der Waals surface area contributed by atoms with Gasteiger partial charge in [0, 0.05) is 39.3 Å². The molecule has 0 bridgehead atoms. The summed E-state index contributed by atoms with van der Waals surface area (Å²) in [5.74, 6) is 1.02. The van der Waals surface area contributed by atoms with Crippen molar-refractivity contribution in [3.05, 3.63) is 29.3 Å². The fraction of sp³-hybridized carbons (Fsp3) is 0.533. The molecule has 0 saturated carbocycles.